The summed E-state index contributed by atoms with van der Waals surface area (Å²) in [5, 5.41) is 13.7. The van der Waals surface area contributed by atoms with Crippen molar-refractivity contribution >= 4 is 22.7 Å². The molecule has 3 rings (SSSR count). The number of amides is 1. The number of nitrogens with zero attached hydrogens (tertiary/aromatic N) is 3. The summed E-state index contributed by atoms with van der Waals surface area (Å²) in [5.74, 6) is -0.639. The third-order valence-electron chi connectivity index (χ3n) is 4.73. The lowest BCUT2D eigenvalue weighted by molar-refractivity contribution is -0.384. The number of hydrogen-bond donors (Lipinski definition) is 1. The zero-order valence-corrected chi connectivity index (χ0v) is 15.6. The molecule has 1 fully saturated rings. The molecule has 1 amide bonds. The van der Waals surface area contributed by atoms with E-state index in [2.05, 4.69) is 10.2 Å². The number of nitro groups is 1. The predicted octanol–water partition coefficient (Wildman–Crippen LogP) is 1.12. The topological polar surface area (TPSA) is 120 Å². The van der Waals surface area contributed by atoms with Gasteiger partial charge < -0.3 is 14.5 Å². The molecule has 10 heteroatoms. The smallest absolute Gasteiger partial charge is 0.407 e. The van der Waals surface area contributed by atoms with Crippen molar-refractivity contribution in [1.82, 2.24) is 14.8 Å². The first kappa shape index (κ1) is 20.0. The van der Waals surface area contributed by atoms with Gasteiger partial charge in [-0.2, -0.15) is 0 Å². The summed E-state index contributed by atoms with van der Waals surface area (Å²) >= 11 is 0. The summed E-state index contributed by atoms with van der Waals surface area (Å²) in [4.78, 5) is 36.5. The number of hydrogen-bond acceptors (Lipinski definition) is 7. The second-order valence-corrected chi connectivity index (χ2v) is 6.69. The van der Waals surface area contributed by atoms with E-state index in [4.69, 9.17) is 9.15 Å². The predicted molar refractivity (Wildman–Crippen MR) is 101 cm³/mol. The Morgan fingerprint density at radius 2 is 2.00 bits per heavy atom. The van der Waals surface area contributed by atoms with Gasteiger partial charge in [0.25, 0.3) is 5.69 Å². The molecule has 0 radical (unpaired) electrons. The number of oxazole rings is 1. The van der Waals surface area contributed by atoms with Crippen molar-refractivity contribution in [3.63, 3.8) is 0 Å². The van der Waals surface area contributed by atoms with E-state index in [1.165, 1.54) is 22.8 Å². The summed E-state index contributed by atoms with van der Waals surface area (Å²) in [6, 6.07) is 4.05. The number of non-ortho nitro benzene ring substituents is 1. The molecule has 28 heavy (non-hydrogen) atoms. The van der Waals surface area contributed by atoms with Crippen LogP contribution in [0.1, 0.15) is 19.3 Å². The number of aromatic nitrogens is 1. The van der Waals surface area contributed by atoms with E-state index < -0.39 is 10.7 Å². The minimum atomic E-state index is -0.582. The van der Waals surface area contributed by atoms with Crippen molar-refractivity contribution in [3.8, 4) is 0 Å². The van der Waals surface area contributed by atoms with E-state index in [9.17, 15) is 19.7 Å². The average Bonchev–Trinajstić information content (AvgIpc) is 3.00. The number of carbonyl (C=O) groups is 1. The highest BCUT2D eigenvalue weighted by Gasteiger charge is 2.14. The van der Waals surface area contributed by atoms with Gasteiger partial charge in [0.15, 0.2) is 5.58 Å². The zero-order chi connectivity index (χ0) is 19.9. The Kier molecular flexibility index (Phi) is 6.77. The molecule has 0 unspecified atom stereocenters. The number of nitrogens with one attached hydrogen (secondary N) is 1. The van der Waals surface area contributed by atoms with Gasteiger partial charge in [0, 0.05) is 38.7 Å². The molecule has 2 heterocycles. The standard InChI is InChI=1S/C18H24N4O6/c23-17(19-6-2-7-20-9-11-27-12-10-20)3-1-8-21-15-5-4-14(22(25)26)13-16(15)28-18(21)24/h4-5,13H,1-3,6-12H2,(H,19,23). The lowest BCUT2D eigenvalue weighted by Gasteiger charge is -2.26. The van der Waals surface area contributed by atoms with Gasteiger partial charge in [0.1, 0.15) is 0 Å². The van der Waals surface area contributed by atoms with E-state index in [-0.39, 0.29) is 17.2 Å². The van der Waals surface area contributed by atoms with Crippen LogP contribution in [0.25, 0.3) is 11.1 Å². The molecule has 1 aliphatic heterocycles. The van der Waals surface area contributed by atoms with Crippen molar-refractivity contribution in [2.45, 2.75) is 25.8 Å². The van der Waals surface area contributed by atoms with Crippen LogP contribution >= 0.6 is 0 Å². The number of fused-ring (bicyclic) bond motifs is 1. The molecule has 10 nitrogen and oxygen atoms in total. The van der Waals surface area contributed by atoms with Crippen molar-refractivity contribution in [3.05, 3.63) is 38.9 Å². The second kappa shape index (κ2) is 9.47. The monoisotopic (exact) mass is 392 g/mol. The van der Waals surface area contributed by atoms with Crippen LogP contribution in [-0.4, -0.2) is 59.7 Å². The van der Waals surface area contributed by atoms with E-state index >= 15 is 0 Å². The third kappa shape index (κ3) is 5.17. The normalized spacial score (nSPS) is 15.0. The molecule has 1 aromatic heterocycles. The Balaban J connectivity index is 1.41. The first-order chi connectivity index (χ1) is 13.5. The van der Waals surface area contributed by atoms with Crippen molar-refractivity contribution < 1.29 is 18.9 Å². The van der Waals surface area contributed by atoms with E-state index in [0.29, 0.717) is 31.4 Å². The van der Waals surface area contributed by atoms with Gasteiger partial charge in [0.05, 0.1) is 29.7 Å². The minimum absolute atomic E-state index is 0.0570. The SMILES string of the molecule is O=C(CCCn1c(=O)oc2cc([N+](=O)[O-])ccc21)NCCCN1CCOCC1. The van der Waals surface area contributed by atoms with Gasteiger partial charge in [-0.1, -0.05) is 0 Å². The fraction of sp³-hybridized carbons (Fsp3) is 0.556. The minimum Gasteiger partial charge on any atom is -0.407 e. The number of ether oxygens (including phenoxy) is 1. The molecular weight excluding hydrogens is 368 g/mol. The molecule has 1 N–H and O–H groups in total. The average molecular weight is 392 g/mol. The number of morpholine rings is 1. The Morgan fingerprint density at radius 1 is 1.21 bits per heavy atom. The quantitative estimate of drug-likeness (QED) is 0.386. The maximum Gasteiger partial charge on any atom is 0.419 e. The van der Waals surface area contributed by atoms with Crippen molar-refractivity contribution in [2.75, 3.05) is 39.4 Å². The Bertz CT molecular complexity index is 884. The fourth-order valence-corrected chi connectivity index (χ4v) is 3.22. The molecule has 2 aromatic rings. The van der Waals surface area contributed by atoms with Crippen LogP contribution in [0.5, 0.6) is 0 Å². The Hall–Kier alpha value is -2.72. The van der Waals surface area contributed by atoms with Crippen LogP contribution in [0.3, 0.4) is 0 Å². The van der Waals surface area contributed by atoms with Gasteiger partial charge in [-0.3, -0.25) is 24.4 Å². The van der Waals surface area contributed by atoms with Crippen LogP contribution < -0.4 is 11.1 Å². The van der Waals surface area contributed by atoms with Gasteiger partial charge in [0.2, 0.25) is 5.91 Å². The molecule has 0 bridgehead atoms. The van der Waals surface area contributed by atoms with Gasteiger partial charge in [-0.25, -0.2) is 4.79 Å². The maximum atomic E-state index is 12.0. The van der Waals surface area contributed by atoms with E-state index in [0.717, 1.165) is 39.3 Å². The van der Waals surface area contributed by atoms with Crippen LogP contribution in [-0.2, 0) is 16.1 Å². The van der Waals surface area contributed by atoms with Crippen molar-refractivity contribution in [1.29, 1.82) is 0 Å². The highest BCUT2D eigenvalue weighted by atomic mass is 16.6. The highest BCUT2D eigenvalue weighted by molar-refractivity contribution is 5.76. The van der Waals surface area contributed by atoms with E-state index in [1.54, 1.807) is 0 Å². The van der Waals surface area contributed by atoms with Gasteiger partial charge in [-0.15, -0.1) is 0 Å². The molecule has 0 spiro atoms. The van der Waals surface area contributed by atoms with Crippen LogP contribution in [0.2, 0.25) is 0 Å². The van der Waals surface area contributed by atoms with Crippen molar-refractivity contribution in [2.24, 2.45) is 0 Å². The Labute approximate surface area is 161 Å². The largest absolute Gasteiger partial charge is 0.419 e. The molecule has 0 atom stereocenters. The van der Waals surface area contributed by atoms with Gasteiger partial charge >= 0.3 is 5.76 Å². The lowest BCUT2D eigenvalue weighted by atomic mass is 10.2. The number of aryl methyl sites for hydroxylation is 1. The summed E-state index contributed by atoms with van der Waals surface area (Å²) in [5.41, 5.74) is 0.526. The molecule has 0 saturated carbocycles. The number of rotatable bonds is 9. The summed E-state index contributed by atoms with van der Waals surface area (Å²) in [6.07, 6.45) is 1.65. The van der Waals surface area contributed by atoms with Crippen LogP contribution in [0.4, 0.5) is 5.69 Å². The maximum absolute atomic E-state index is 12.0. The fourth-order valence-electron chi connectivity index (χ4n) is 3.22. The highest BCUT2D eigenvalue weighted by Crippen LogP contribution is 2.20. The summed E-state index contributed by atoms with van der Waals surface area (Å²) in [7, 11) is 0. The van der Waals surface area contributed by atoms with Gasteiger partial charge in [-0.05, 0) is 25.5 Å². The van der Waals surface area contributed by atoms with Crippen LogP contribution in [0, 0.1) is 10.1 Å². The zero-order valence-electron chi connectivity index (χ0n) is 15.6. The summed E-state index contributed by atoms with van der Waals surface area (Å²) < 4.78 is 11.8. The molecule has 1 saturated heterocycles. The Morgan fingerprint density at radius 3 is 2.75 bits per heavy atom. The third-order valence-corrected chi connectivity index (χ3v) is 4.73. The first-order valence-electron chi connectivity index (χ1n) is 9.39. The summed E-state index contributed by atoms with van der Waals surface area (Å²) in [6.45, 7) is 5.27. The molecule has 152 valence electrons. The lowest BCUT2D eigenvalue weighted by Crippen LogP contribution is -2.38. The first-order valence-corrected chi connectivity index (χ1v) is 9.39. The number of benzene rings is 1. The number of nitro benzene ring substituents is 1. The molecule has 0 aliphatic carbocycles. The van der Waals surface area contributed by atoms with Crippen LogP contribution in [0.15, 0.2) is 27.4 Å². The van der Waals surface area contributed by atoms with E-state index in [1.807, 2.05) is 0 Å². The molecular formula is C18H24N4O6. The molecule has 1 aromatic carbocycles. The molecule has 1 aliphatic rings. The second-order valence-electron chi connectivity index (χ2n) is 6.69. The number of carbonyl (C=O) groups excluding carboxylic acids is 1.